The lowest BCUT2D eigenvalue weighted by molar-refractivity contribution is 0.0391. The van der Waals surface area contributed by atoms with Crippen LogP contribution in [0.25, 0.3) is 0 Å². The number of carbonyl (C=O) groups is 1. The lowest BCUT2D eigenvalue weighted by Crippen LogP contribution is -2.50. The summed E-state index contributed by atoms with van der Waals surface area (Å²) in [5, 5.41) is 7.47. The molecule has 1 amide bonds. The molecule has 3 aliphatic rings. The number of nitrogens with one attached hydrogen (secondary N) is 1. The fourth-order valence-corrected chi connectivity index (χ4v) is 4.66. The highest BCUT2D eigenvalue weighted by Gasteiger charge is 2.27. The molecule has 0 spiro atoms. The summed E-state index contributed by atoms with van der Waals surface area (Å²) < 4.78 is 5.45. The van der Waals surface area contributed by atoms with Gasteiger partial charge < -0.3 is 9.64 Å². The number of aromatic nitrogens is 2. The van der Waals surface area contributed by atoms with E-state index in [1.165, 1.54) is 44.9 Å². The average Bonchev–Trinajstić information content (AvgIpc) is 3.20. The Balaban J connectivity index is 1.27. The number of amides is 1. The molecule has 1 saturated carbocycles. The van der Waals surface area contributed by atoms with E-state index in [-0.39, 0.29) is 5.91 Å². The van der Waals surface area contributed by atoms with Gasteiger partial charge in [-0.3, -0.25) is 14.8 Å². The zero-order valence-corrected chi connectivity index (χ0v) is 15.8. The first-order chi connectivity index (χ1) is 12.8. The molecule has 6 heteroatoms. The summed E-state index contributed by atoms with van der Waals surface area (Å²) in [7, 11) is 0. The van der Waals surface area contributed by atoms with Gasteiger partial charge in [0.05, 0.1) is 0 Å². The predicted octanol–water partition coefficient (Wildman–Crippen LogP) is 2.64. The van der Waals surface area contributed by atoms with Crippen LogP contribution in [0, 0.1) is 5.92 Å². The Labute approximate surface area is 156 Å². The van der Waals surface area contributed by atoms with Gasteiger partial charge in [-0.05, 0) is 37.7 Å². The summed E-state index contributed by atoms with van der Waals surface area (Å²) in [5.41, 5.74) is 1.76. The molecule has 26 heavy (non-hydrogen) atoms. The van der Waals surface area contributed by atoms with E-state index in [1.54, 1.807) is 0 Å². The molecule has 0 radical (unpaired) electrons. The molecule has 1 aliphatic carbocycles. The Hall–Kier alpha value is -1.40. The summed E-state index contributed by atoms with van der Waals surface area (Å²) in [6, 6.07) is 2.01. The molecule has 1 aromatic heterocycles. The van der Waals surface area contributed by atoms with Crippen LogP contribution in [-0.2, 0) is 4.74 Å². The van der Waals surface area contributed by atoms with Crippen LogP contribution in [0.4, 0.5) is 0 Å². The molecule has 3 heterocycles. The Morgan fingerprint density at radius 1 is 1.08 bits per heavy atom. The molecule has 0 unspecified atom stereocenters. The van der Waals surface area contributed by atoms with Crippen molar-refractivity contribution in [1.82, 2.24) is 20.0 Å². The maximum Gasteiger partial charge on any atom is 0.274 e. The van der Waals surface area contributed by atoms with E-state index in [2.05, 4.69) is 15.1 Å². The van der Waals surface area contributed by atoms with Crippen molar-refractivity contribution in [2.24, 2.45) is 5.92 Å². The molecule has 0 aromatic carbocycles. The second-order valence-corrected chi connectivity index (χ2v) is 8.19. The fourth-order valence-electron chi connectivity index (χ4n) is 4.66. The van der Waals surface area contributed by atoms with Gasteiger partial charge in [-0.2, -0.15) is 5.10 Å². The Morgan fingerprint density at radius 2 is 1.81 bits per heavy atom. The highest BCUT2D eigenvalue weighted by Crippen LogP contribution is 2.31. The third-order valence-corrected chi connectivity index (χ3v) is 6.38. The minimum atomic E-state index is 0.0917. The molecule has 4 rings (SSSR count). The van der Waals surface area contributed by atoms with Gasteiger partial charge in [-0.1, -0.05) is 19.3 Å². The second-order valence-electron chi connectivity index (χ2n) is 8.19. The second kappa shape index (κ2) is 8.53. The Kier molecular flexibility index (Phi) is 5.90. The first kappa shape index (κ1) is 18.0. The molecule has 2 aliphatic heterocycles. The number of nitrogens with zero attached hydrogens (tertiary/aromatic N) is 3. The van der Waals surface area contributed by atoms with E-state index in [1.807, 2.05) is 11.0 Å². The van der Waals surface area contributed by atoms with E-state index in [0.29, 0.717) is 11.6 Å². The quantitative estimate of drug-likeness (QED) is 0.897. The van der Waals surface area contributed by atoms with Gasteiger partial charge in [-0.15, -0.1) is 0 Å². The van der Waals surface area contributed by atoms with Crippen LogP contribution >= 0.6 is 0 Å². The van der Waals surface area contributed by atoms with Crippen molar-refractivity contribution in [2.45, 2.75) is 50.9 Å². The van der Waals surface area contributed by atoms with Crippen molar-refractivity contribution >= 4 is 5.91 Å². The van der Waals surface area contributed by atoms with Gasteiger partial charge in [0, 0.05) is 57.5 Å². The molecule has 3 fully saturated rings. The molecule has 1 N–H and O–H groups in total. The smallest absolute Gasteiger partial charge is 0.274 e. The number of carbonyl (C=O) groups excluding carboxylic acids is 1. The predicted molar refractivity (Wildman–Crippen MR) is 100 cm³/mol. The third-order valence-electron chi connectivity index (χ3n) is 6.38. The SMILES string of the molecule is O=C(c1cc(C2CCCCC2)[nH]n1)N1CCN(CC2CCOCC2)CC1. The third kappa shape index (κ3) is 4.29. The number of H-pyrrole nitrogens is 1. The van der Waals surface area contributed by atoms with E-state index in [9.17, 15) is 4.79 Å². The molecule has 2 saturated heterocycles. The molecule has 0 bridgehead atoms. The largest absolute Gasteiger partial charge is 0.381 e. The summed E-state index contributed by atoms with van der Waals surface area (Å²) in [5.74, 6) is 1.42. The minimum absolute atomic E-state index is 0.0917. The molecule has 144 valence electrons. The first-order valence-electron chi connectivity index (χ1n) is 10.4. The maximum absolute atomic E-state index is 12.8. The van der Waals surface area contributed by atoms with Gasteiger partial charge in [-0.25, -0.2) is 0 Å². The molecular weight excluding hydrogens is 328 g/mol. The summed E-state index contributed by atoms with van der Waals surface area (Å²) in [6.45, 7) is 6.55. The van der Waals surface area contributed by atoms with Crippen LogP contribution in [0.3, 0.4) is 0 Å². The lowest BCUT2D eigenvalue weighted by Gasteiger charge is -2.37. The number of piperazine rings is 1. The van der Waals surface area contributed by atoms with Crippen molar-refractivity contribution in [2.75, 3.05) is 45.9 Å². The van der Waals surface area contributed by atoms with Crippen molar-refractivity contribution in [1.29, 1.82) is 0 Å². The monoisotopic (exact) mass is 360 g/mol. The van der Waals surface area contributed by atoms with Gasteiger partial charge >= 0.3 is 0 Å². The van der Waals surface area contributed by atoms with Crippen LogP contribution in [0.2, 0.25) is 0 Å². The van der Waals surface area contributed by atoms with Crippen LogP contribution < -0.4 is 0 Å². The zero-order valence-electron chi connectivity index (χ0n) is 15.8. The van der Waals surface area contributed by atoms with Crippen molar-refractivity contribution in [3.63, 3.8) is 0 Å². The first-order valence-corrected chi connectivity index (χ1v) is 10.4. The molecule has 1 aromatic rings. The standard InChI is InChI=1S/C20H32N4O2/c25-20(19-14-18(21-22-19)17-4-2-1-3-5-17)24-10-8-23(9-11-24)15-16-6-12-26-13-7-16/h14,16-17H,1-13,15H2,(H,21,22). The average molecular weight is 361 g/mol. The van der Waals surface area contributed by atoms with Gasteiger partial charge in [0.25, 0.3) is 5.91 Å². The topological polar surface area (TPSA) is 61.5 Å². The molecule has 6 nitrogen and oxygen atoms in total. The zero-order chi connectivity index (χ0) is 17.8. The van der Waals surface area contributed by atoms with Crippen LogP contribution in [0.15, 0.2) is 6.07 Å². The number of hydrogen-bond donors (Lipinski definition) is 1. The van der Waals surface area contributed by atoms with Gasteiger partial charge in [0.1, 0.15) is 5.69 Å². The number of aromatic amines is 1. The number of hydrogen-bond acceptors (Lipinski definition) is 4. The Bertz CT molecular complexity index is 582. The molecule has 0 atom stereocenters. The number of rotatable bonds is 4. The maximum atomic E-state index is 12.8. The fraction of sp³-hybridized carbons (Fsp3) is 0.800. The highest BCUT2D eigenvalue weighted by atomic mass is 16.5. The van der Waals surface area contributed by atoms with Crippen molar-refractivity contribution < 1.29 is 9.53 Å². The van der Waals surface area contributed by atoms with Crippen molar-refractivity contribution in [3.05, 3.63) is 17.5 Å². The van der Waals surface area contributed by atoms with E-state index in [4.69, 9.17) is 4.74 Å². The minimum Gasteiger partial charge on any atom is -0.381 e. The lowest BCUT2D eigenvalue weighted by atomic mass is 9.87. The van der Waals surface area contributed by atoms with Crippen molar-refractivity contribution in [3.8, 4) is 0 Å². The van der Waals surface area contributed by atoms with E-state index >= 15 is 0 Å². The normalized spacial score (nSPS) is 24.1. The van der Waals surface area contributed by atoms with Gasteiger partial charge in [0.15, 0.2) is 0 Å². The molecular formula is C20H32N4O2. The summed E-state index contributed by atoms with van der Waals surface area (Å²) >= 11 is 0. The summed E-state index contributed by atoms with van der Waals surface area (Å²) in [4.78, 5) is 17.3. The van der Waals surface area contributed by atoms with E-state index < -0.39 is 0 Å². The van der Waals surface area contributed by atoms with Crippen LogP contribution in [0.5, 0.6) is 0 Å². The van der Waals surface area contributed by atoms with Gasteiger partial charge in [0.2, 0.25) is 0 Å². The van der Waals surface area contributed by atoms with Crippen LogP contribution in [0.1, 0.15) is 67.0 Å². The van der Waals surface area contributed by atoms with E-state index in [0.717, 1.165) is 57.5 Å². The van der Waals surface area contributed by atoms with Crippen LogP contribution in [-0.4, -0.2) is 71.8 Å². The Morgan fingerprint density at radius 3 is 2.54 bits per heavy atom. The summed E-state index contributed by atoms with van der Waals surface area (Å²) in [6.07, 6.45) is 8.73. The number of ether oxygens (including phenoxy) is 1. The highest BCUT2D eigenvalue weighted by molar-refractivity contribution is 5.92.